The fourth-order valence-electron chi connectivity index (χ4n) is 5.01. The van der Waals surface area contributed by atoms with Crippen LogP contribution in [0.3, 0.4) is 0 Å². The number of hydrogen-bond donors (Lipinski definition) is 1. The quantitative estimate of drug-likeness (QED) is 0.398. The minimum absolute atomic E-state index is 0.0227. The normalized spacial score (nSPS) is 15.9. The van der Waals surface area contributed by atoms with E-state index >= 15 is 0 Å². The highest BCUT2D eigenvalue weighted by molar-refractivity contribution is 7.90. The number of likely N-dealkylation sites (N-methyl/N-ethyl adjacent to an activating group) is 1. The molecule has 40 heavy (non-hydrogen) atoms. The first kappa shape index (κ1) is 31.5. The van der Waals surface area contributed by atoms with Gasteiger partial charge in [0, 0.05) is 38.5 Å². The van der Waals surface area contributed by atoms with E-state index < -0.39 is 40.2 Å². The lowest BCUT2D eigenvalue weighted by atomic mass is 9.99. The molecule has 2 aromatic carbocycles. The van der Waals surface area contributed by atoms with Crippen LogP contribution in [0.15, 0.2) is 53.4 Å². The molecule has 0 saturated carbocycles. The van der Waals surface area contributed by atoms with Gasteiger partial charge < -0.3 is 15.1 Å². The molecule has 1 fully saturated rings. The molecule has 1 aliphatic rings. The van der Waals surface area contributed by atoms with Gasteiger partial charge in [0.1, 0.15) is 12.2 Å². The maximum absolute atomic E-state index is 13.8. The first-order valence-corrected chi connectivity index (χ1v) is 15.1. The summed E-state index contributed by atoms with van der Waals surface area (Å²) in [5.41, 5.74) is 1.13. The molecule has 1 atom stereocenters. The van der Waals surface area contributed by atoms with E-state index in [1.807, 2.05) is 11.8 Å². The van der Waals surface area contributed by atoms with Crippen molar-refractivity contribution >= 4 is 21.7 Å². The van der Waals surface area contributed by atoms with Crippen molar-refractivity contribution in [1.82, 2.24) is 15.1 Å². The predicted octanol–water partition coefficient (Wildman–Crippen LogP) is 4.28. The zero-order chi connectivity index (χ0) is 29.5. The molecule has 12 heteroatoms. The van der Waals surface area contributed by atoms with E-state index in [2.05, 4.69) is 10.2 Å². The highest BCUT2D eigenvalue weighted by Gasteiger charge is 2.32. The highest BCUT2D eigenvalue weighted by Crippen LogP contribution is 2.24. The summed E-state index contributed by atoms with van der Waals surface area (Å²) in [6.07, 6.45) is -3.24. The summed E-state index contributed by atoms with van der Waals surface area (Å²) in [5, 5.41) is 2.40. The van der Waals surface area contributed by atoms with Gasteiger partial charge in [0.05, 0.1) is 17.4 Å². The summed E-state index contributed by atoms with van der Waals surface area (Å²) >= 11 is 0. The fourth-order valence-corrected chi connectivity index (χ4v) is 5.64. The minimum Gasteiger partial charge on any atom is -0.349 e. The second-order valence-electron chi connectivity index (χ2n) is 10.1. The molecule has 2 amide bonds. The Morgan fingerprint density at radius 2 is 1.75 bits per heavy atom. The van der Waals surface area contributed by atoms with Crippen molar-refractivity contribution in [2.75, 3.05) is 32.4 Å². The summed E-state index contributed by atoms with van der Waals surface area (Å²) in [4.78, 5) is 29.2. The molecule has 7 nitrogen and oxygen atoms in total. The first-order valence-electron chi connectivity index (χ1n) is 13.2. The Hall–Kier alpha value is -2.99. The number of halogens is 4. The Balaban J connectivity index is 1.55. The van der Waals surface area contributed by atoms with E-state index in [4.69, 9.17) is 0 Å². The SMILES string of the molecule is CCN(C(=O)Cc1ccc(S(C)(=O)=O)cc1)C1CCN(CC[C@H](NC(=O)CC(F)(F)F)c2cccc(F)c2)CC1. The van der Waals surface area contributed by atoms with Crippen molar-refractivity contribution in [1.29, 1.82) is 0 Å². The molecule has 220 valence electrons. The Bertz CT molecular complexity index is 1260. The summed E-state index contributed by atoms with van der Waals surface area (Å²) in [6, 6.07) is 11.0. The van der Waals surface area contributed by atoms with E-state index in [1.54, 1.807) is 18.2 Å². The average Bonchev–Trinajstić information content (AvgIpc) is 2.86. The predicted molar refractivity (Wildman–Crippen MR) is 143 cm³/mol. The Kier molecular flexibility index (Phi) is 10.7. The molecule has 1 aliphatic heterocycles. The average molecular weight is 586 g/mol. The van der Waals surface area contributed by atoms with Crippen LogP contribution >= 0.6 is 0 Å². The number of nitrogens with zero attached hydrogens (tertiary/aromatic N) is 2. The number of alkyl halides is 3. The van der Waals surface area contributed by atoms with E-state index in [0.717, 1.165) is 11.8 Å². The van der Waals surface area contributed by atoms with E-state index in [-0.39, 0.29) is 23.3 Å². The standard InChI is InChI=1S/C28H35F4N3O4S/c1-3-35(27(37)17-20-7-9-24(10-8-20)40(2,38)39)23-11-14-34(15-12-23)16-13-25(21-5-4-6-22(29)18-21)33-26(36)19-28(30,31)32/h4-10,18,23,25H,3,11-17,19H2,1-2H3,(H,33,36)/t25-/m0/s1. The topological polar surface area (TPSA) is 86.8 Å². The van der Waals surface area contributed by atoms with Crippen LogP contribution in [-0.2, 0) is 25.8 Å². The molecule has 0 aliphatic carbocycles. The third-order valence-electron chi connectivity index (χ3n) is 7.05. The minimum atomic E-state index is -4.64. The molecule has 0 aromatic heterocycles. The van der Waals surface area contributed by atoms with Crippen LogP contribution in [0.1, 0.15) is 49.8 Å². The zero-order valence-electron chi connectivity index (χ0n) is 22.6. The number of nitrogens with one attached hydrogen (secondary N) is 1. The molecule has 1 heterocycles. The van der Waals surface area contributed by atoms with E-state index in [0.29, 0.717) is 51.0 Å². The van der Waals surface area contributed by atoms with Gasteiger partial charge in [0.15, 0.2) is 9.84 Å². The Labute approximate surface area is 232 Å². The van der Waals surface area contributed by atoms with E-state index in [9.17, 15) is 35.6 Å². The number of carbonyl (C=O) groups is 2. The number of piperidine rings is 1. The fraction of sp³-hybridized carbons (Fsp3) is 0.500. The molecular weight excluding hydrogens is 550 g/mol. The van der Waals surface area contributed by atoms with Crippen molar-refractivity contribution in [2.24, 2.45) is 0 Å². The van der Waals surface area contributed by atoms with Gasteiger partial charge in [-0.15, -0.1) is 0 Å². The maximum Gasteiger partial charge on any atom is 0.397 e. The second kappa shape index (κ2) is 13.6. The van der Waals surface area contributed by atoms with Crippen LogP contribution in [0.25, 0.3) is 0 Å². The van der Waals surface area contributed by atoms with Crippen molar-refractivity contribution in [3.8, 4) is 0 Å². The summed E-state index contributed by atoms with van der Waals surface area (Å²) in [5.74, 6) is -1.75. The molecule has 1 N–H and O–H groups in total. The second-order valence-corrected chi connectivity index (χ2v) is 12.1. The first-order chi connectivity index (χ1) is 18.7. The van der Waals surface area contributed by atoms with Crippen LogP contribution in [0.2, 0.25) is 0 Å². The lowest BCUT2D eigenvalue weighted by Gasteiger charge is -2.38. The molecule has 3 rings (SSSR count). The summed E-state index contributed by atoms with van der Waals surface area (Å²) < 4.78 is 75.2. The number of carbonyl (C=O) groups excluding carboxylic acids is 2. The lowest BCUT2D eigenvalue weighted by molar-refractivity contribution is -0.154. The molecule has 0 bridgehead atoms. The smallest absolute Gasteiger partial charge is 0.349 e. The number of likely N-dealkylation sites (tertiary alicyclic amines) is 1. The number of rotatable bonds is 11. The van der Waals surface area contributed by atoms with E-state index in [1.165, 1.54) is 30.3 Å². The van der Waals surface area contributed by atoms with Gasteiger partial charge >= 0.3 is 6.18 Å². The van der Waals surface area contributed by atoms with Gasteiger partial charge in [-0.3, -0.25) is 9.59 Å². The molecule has 2 aromatic rings. The number of benzene rings is 2. The molecule has 1 saturated heterocycles. The van der Waals surface area contributed by atoms with Crippen molar-refractivity contribution in [2.45, 2.75) is 62.2 Å². The van der Waals surface area contributed by atoms with Crippen molar-refractivity contribution < 1.29 is 35.6 Å². The van der Waals surface area contributed by atoms with Crippen LogP contribution in [0.5, 0.6) is 0 Å². The van der Waals surface area contributed by atoms with Gasteiger partial charge in [-0.25, -0.2) is 12.8 Å². The Morgan fingerprint density at radius 1 is 1.10 bits per heavy atom. The summed E-state index contributed by atoms with van der Waals surface area (Å²) in [7, 11) is -3.32. The molecule has 0 radical (unpaired) electrons. The number of sulfone groups is 1. The van der Waals surface area contributed by atoms with Crippen molar-refractivity contribution in [3.05, 3.63) is 65.5 Å². The van der Waals surface area contributed by atoms with Gasteiger partial charge in [-0.05, 0) is 61.6 Å². The molecule has 0 spiro atoms. The van der Waals surface area contributed by atoms with Crippen molar-refractivity contribution in [3.63, 3.8) is 0 Å². The molecule has 0 unspecified atom stereocenters. The third kappa shape index (κ3) is 9.58. The van der Waals surface area contributed by atoms with Gasteiger partial charge in [-0.1, -0.05) is 24.3 Å². The highest BCUT2D eigenvalue weighted by atomic mass is 32.2. The largest absolute Gasteiger partial charge is 0.397 e. The van der Waals surface area contributed by atoms with Crippen LogP contribution < -0.4 is 5.32 Å². The third-order valence-corrected chi connectivity index (χ3v) is 8.18. The maximum atomic E-state index is 13.8. The van der Waals surface area contributed by atoms with Crippen LogP contribution in [-0.4, -0.2) is 74.7 Å². The summed E-state index contributed by atoms with van der Waals surface area (Å²) in [6.45, 7) is 4.22. The Morgan fingerprint density at radius 3 is 2.30 bits per heavy atom. The number of hydrogen-bond acceptors (Lipinski definition) is 5. The van der Waals surface area contributed by atoms with Gasteiger partial charge in [0.25, 0.3) is 0 Å². The number of amides is 2. The molecular formula is C28H35F4N3O4S. The monoisotopic (exact) mass is 585 g/mol. The van der Waals surface area contributed by atoms with Gasteiger partial charge in [-0.2, -0.15) is 13.2 Å². The van der Waals surface area contributed by atoms with Crippen LogP contribution in [0.4, 0.5) is 17.6 Å². The van der Waals surface area contributed by atoms with Crippen LogP contribution in [0, 0.1) is 5.82 Å². The van der Waals surface area contributed by atoms with Gasteiger partial charge in [0.2, 0.25) is 11.8 Å². The lowest BCUT2D eigenvalue weighted by Crippen LogP contribution is -2.48. The zero-order valence-corrected chi connectivity index (χ0v) is 23.4.